The summed E-state index contributed by atoms with van der Waals surface area (Å²) in [6.45, 7) is 7.47. The van der Waals surface area contributed by atoms with Crippen molar-refractivity contribution in [3.63, 3.8) is 0 Å². The molecule has 0 aliphatic heterocycles. The summed E-state index contributed by atoms with van der Waals surface area (Å²) in [5, 5.41) is 0. The molecule has 0 radical (unpaired) electrons. The van der Waals surface area contributed by atoms with Gasteiger partial charge in [0.15, 0.2) is 0 Å². The summed E-state index contributed by atoms with van der Waals surface area (Å²) in [5.41, 5.74) is 4.70. The van der Waals surface area contributed by atoms with Crippen molar-refractivity contribution in [3.8, 4) is 0 Å². The Bertz CT molecular complexity index is 383. The van der Waals surface area contributed by atoms with E-state index in [1.807, 2.05) is 0 Å². The van der Waals surface area contributed by atoms with Crippen molar-refractivity contribution in [2.24, 2.45) is 0 Å². The smallest absolute Gasteiger partial charge is 0.307 e. The molecule has 2 N–H and O–H groups in total. The average Bonchev–Trinajstić information content (AvgIpc) is 2.42. The summed E-state index contributed by atoms with van der Waals surface area (Å²) in [5.74, 6) is 0. The van der Waals surface area contributed by atoms with Gasteiger partial charge in [-0.2, -0.15) is 0 Å². The van der Waals surface area contributed by atoms with Crippen LogP contribution in [0, 0.1) is 0 Å². The highest BCUT2D eigenvalue weighted by Crippen LogP contribution is 2.69. The molecule has 0 amide bonds. The van der Waals surface area contributed by atoms with Gasteiger partial charge >= 0.3 is 15.2 Å². The second kappa shape index (κ2) is 10.3. The fourth-order valence-corrected chi connectivity index (χ4v) is 6.96. The van der Waals surface area contributed by atoms with Crippen molar-refractivity contribution in [3.05, 3.63) is 0 Å². The molecule has 0 unspecified atom stereocenters. The zero-order chi connectivity index (χ0) is 17.3. The van der Waals surface area contributed by atoms with E-state index >= 15 is 0 Å². The first-order valence-electron chi connectivity index (χ1n) is 8.24. The van der Waals surface area contributed by atoms with E-state index in [0.29, 0.717) is 0 Å². The van der Waals surface area contributed by atoms with Crippen LogP contribution in [-0.4, -0.2) is 38.0 Å². The molecule has 0 atom stereocenters. The van der Waals surface area contributed by atoms with Crippen molar-refractivity contribution in [2.45, 2.75) is 58.5 Å². The third-order valence-corrected chi connectivity index (χ3v) is 8.98. The highest BCUT2D eigenvalue weighted by atomic mass is 31.2. The maximum Gasteiger partial charge on any atom is 0.361 e. The van der Waals surface area contributed by atoms with Gasteiger partial charge in [0.25, 0.3) is 0 Å². The Morgan fingerprint density at radius 1 is 0.870 bits per heavy atom. The van der Waals surface area contributed by atoms with E-state index in [1.54, 1.807) is 27.7 Å². The van der Waals surface area contributed by atoms with Gasteiger partial charge in [-0.25, -0.2) is 5.43 Å². The lowest BCUT2D eigenvalue weighted by Gasteiger charge is -2.34. The predicted octanol–water partition coefficient (Wildman–Crippen LogP) is 3.45. The minimum Gasteiger partial charge on any atom is -0.307 e. The Hall–Kier alpha value is 0.220. The molecule has 1 aliphatic carbocycles. The first kappa shape index (κ1) is 21.3. The lowest BCUT2D eigenvalue weighted by Crippen LogP contribution is -2.49. The summed E-state index contributed by atoms with van der Waals surface area (Å²) >= 11 is 0. The molecule has 23 heavy (non-hydrogen) atoms. The van der Waals surface area contributed by atoms with Crippen molar-refractivity contribution in [1.82, 2.24) is 10.9 Å². The number of hydrazine groups is 1. The Morgan fingerprint density at radius 2 is 1.26 bits per heavy atom. The number of hydrogen-bond donors (Lipinski definition) is 2. The van der Waals surface area contributed by atoms with E-state index in [9.17, 15) is 9.13 Å². The molecule has 0 bridgehead atoms. The topological polar surface area (TPSA) is 95.1 Å². The molecular formula is C13H30N2O6P2. The molecule has 138 valence electrons. The van der Waals surface area contributed by atoms with Gasteiger partial charge in [0, 0.05) is 6.04 Å². The van der Waals surface area contributed by atoms with Crippen molar-refractivity contribution >= 4 is 15.2 Å². The van der Waals surface area contributed by atoms with E-state index < -0.39 is 20.7 Å². The Labute approximate surface area is 139 Å². The SMILES string of the molecule is CCOP(=O)(OCC)C(NNC1CCC1)P(=O)(OCC)OCC. The fourth-order valence-electron chi connectivity index (χ4n) is 2.15. The van der Waals surface area contributed by atoms with Crippen molar-refractivity contribution < 1.29 is 27.2 Å². The molecule has 0 aromatic heterocycles. The summed E-state index contributed by atoms with van der Waals surface area (Å²) in [7, 11) is -7.48. The lowest BCUT2D eigenvalue weighted by atomic mass is 9.94. The first-order valence-corrected chi connectivity index (χ1v) is 11.5. The summed E-state index contributed by atoms with van der Waals surface area (Å²) in [6.07, 6.45) is 3.13. The lowest BCUT2D eigenvalue weighted by molar-refractivity contribution is 0.182. The van der Waals surface area contributed by atoms with Gasteiger partial charge < -0.3 is 18.1 Å². The van der Waals surface area contributed by atoms with Gasteiger partial charge in [0.1, 0.15) is 0 Å². The second-order valence-corrected chi connectivity index (χ2v) is 9.67. The van der Waals surface area contributed by atoms with Crippen LogP contribution in [0.4, 0.5) is 0 Å². The van der Waals surface area contributed by atoms with Gasteiger partial charge in [-0.15, -0.1) is 0 Å². The Balaban J connectivity index is 3.04. The largest absolute Gasteiger partial charge is 0.361 e. The third-order valence-electron chi connectivity index (χ3n) is 3.36. The van der Waals surface area contributed by atoms with E-state index in [4.69, 9.17) is 18.1 Å². The van der Waals surface area contributed by atoms with E-state index in [2.05, 4.69) is 10.9 Å². The first-order chi connectivity index (χ1) is 11.0. The molecule has 1 aliphatic rings. The monoisotopic (exact) mass is 372 g/mol. The average molecular weight is 372 g/mol. The van der Waals surface area contributed by atoms with Gasteiger partial charge in [0.05, 0.1) is 26.4 Å². The quantitative estimate of drug-likeness (QED) is 0.375. The molecule has 10 heteroatoms. The maximum absolute atomic E-state index is 13.1. The zero-order valence-electron chi connectivity index (χ0n) is 14.4. The van der Waals surface area contributed by atoms with Crippen LogP contribution >= 0.6 is 15.2 Å². The van der Waals surface area contributed by atoms with Crippen LogP contribution in [0.5, 0.6) is 0 Å². The summed E-state index contributed by atoms with van der Waals surface area (Å²) in [4.78, 5) is 0. The normalized spacial score (nSPS) is 16.7. The van der Waals surface area contributed by atoms with Crippen molar-refractivity contribution in [1.29, 1.82) is 0 Å². The molecule has 0 aromatic rings. The van der Waals surface area contributed by atoms with Crippen LogP contribution < -0.4 is 10.9 Å². The molecule has 0 aromatic carbocycles. The van der Waals surface area contributed by atoms with Gasteiger partial charge in [-0.05, 0) is 40.5 Å². The summed E-state index contributed by atoms with van der Waals surface area (Å²) in [6, 6.07) is 0.242. The van der Waals surface area contributed by atoms with Crippen LogP contribution in [-0.2, 0) is 27.2 Å². The fraction of sp³-hybridized carbons (Fsp3) is 1.00. The van der Waals surface area contributed by atoms with Gasteiger partial charge in [-0.1, -0.05) is 6.42 Å². The molecule has 1 saturated carbocycles. The standard InChI is InChI=1S/C13H30N2O6P2/c1-5-18-22(16,19-6-2)13(15-14-12-10-9-11-12)23(17,20-7-3)21-8-4/h12-15H,5-11H2,1-4H3. The molecular weight excluding hydrogens is 342 g/mol. The third kappa shape index (κ3) is 5.91. The van der Waals surface area contributed by atoms with E-state index in [1.165, 1.54) is 0 Å². The van der Waals surface area contributed by atoms with Crippen LogP contribution in [0.2, 0.25) is 0 Å². The van der Waals surface area contributed by atoms with Crippen molar-refractivity contribution in [2.75, 3.05) is 26.4 Å². The van der Waals surface area contributed by atoms with Crippen LogP contribution in [0.1, 0.15) is 47.0 Å². The molecule has 0 spiro atoms. The number of rotatable bonds is 13. The van der Waals surface area contributed by atoms with Crippen LogP contribution in [0.25, 0.3) is 0 Å². The molecule has 8 nitrogen and oxygen atoms in total. The van der Waals surface area contributed by atoms with Crippen LogP contribution in [0.3, 0.4) is 0 Å². The van der Waals surface area contributed by atoms with Gasteiger partial charge in [-0.3, -0.25) is 14.6 Å². The molecule has 0 heterocycles. The van der Waals surface area contributed by atoms with E-state index in [0.717, 1.165) is 19.3 Å². The summed E-state index contributed by atoms with van der Waals surface area (Å²) < 4.78 is 47.7. The Morgan fingerprint density at radius 3 is 1.52 bits per heavy atom. The zero-order valence-corrected chi connectivity index (χ0v) is 16.2. The predicted molar refractivity (Wildman–Crippen MR) is 89.4 cm³/mol. The highest BCUT2D eigenvalue weighted by molar-refractivity contribution is 7.72. The van der Waals surface area contributed by atoms with Gasteiger partial charge in [0.2, 0.25) is 5.52 Å². The second-order valence-electron chi connectivity index (χ2n) is 5.04. The highest BCUT2D eigenvalue weighted by Gasteiger charge is 2.51. The number of hydrogen-bond acceptors (Lipinski definition) is 8. The molecule has 0 saturated heterocycles. The molecule has 1 rings (SSSR count). The molecule has 1 fully saturated rings. The Kier molecular flexibility index (Phi) is 9.49. The minimum absolute atomic E-state index is 0.164. The van der Waals surface area contributed by atoms with Crippen LogP contribution in [0.15, 0.2) is 0 Å². The van der Waals surface area contributed by atoms with E-state index in [-0.39, 0.29) is 32.5 Å². The number of nitrogens with one attached hydrogen (secondary N) is 2. The minimum atomic E-state index is -3.74. The maximum atomic E-state index is 13.1.